The first-order valence-electron chi connectivity index (χ1n) is 4.39. The number of carbonyl (C=O) groups excluding carboxylic acids is 1. The van der Waals surface area contributed by atoms with Gasteiger partial charge in [0.1, 0.15) is 0 Å². The highest BCUT2D eigenvalue weighted by Crippen LogP contribution is 2.14. The van der Waals surface area contributed by atoms with Gasteiger partial charge in [-0.1, -0.05) is 6.08 Å². The maximum absolute atomic E-state index is 11.0. The van der Waals surface area contributed by atoms with Crippen molar-refractivity contribution in [2.45, 2.75) is 32.3 Å². The van der Waals surface area contributed by atoms with Crippen LogP contribution in [0.25, 0.3) is 0 Å². The van der Waals surface area contributed by atoms with Crippen LogP contribution in [0, 0.1) is 0 Å². The zero-order valence-corrected chi connectivity index (χ0v) is 7.95. The van der Waals surface area contributed by atoms with Crippen LogP contribution >= 0.6 is 0 Å². The van der Waals surface area contributed by atoms with Crippen LogP contribution in [0.15, 0.2) is 12.7 Å². The molecule has 74 valence electrons. The number of amides is 1. The fraction of sp³-hybridized carbons (Fsp3) is 0.667. The minimum Gasteiger partial charge on any atom is -0.353 e. The average molecular weight is 185 g/mol. The maximum atomic E-state index is 11.0. The predicted molar refractivity (Wildman–Crippen MR) is 48.1 cm³/mol. The van der Waals surface area contributed by atoms with Crippen molar-refractivity contribution in [1.82, 2.24) is 5.32 Å². The standard InChI is InChI=1S/C9H15NO3/c1-4-7-8(9(11)10-7)13-6(3)12-5-2/h4,6-8H,1,5H2,2-3H3,(H,10,11)/t6?,7-,8+/m0/s1. The molecule has 13 heavy (non-hydrogen) atoms. The molecule has 4 nitrogen and oxygen atoms in total. The number of rotatable bonds is 5. The van der Waals surface area contributed by atoms with E-state index in [1.807, 2.05) is 6.92 Å². The van der Waals surface area contributed by atoms with Crippen molar-refractivity contribution in [3.63, 3.8) is 0 Å². The summed E-state index contributed by atoms with van der Waals surface area (Å²) in [6.45, 7) is 7.82. The van der Waals surface area contributed by atoms with Gasteiger partial charge in [0.2, 0.25) is 0 Å². The molecule has 1 N–H and O–H groups in total. The lowest BCUT2D eigenvalue weighted by molar-refractivity contribution is -0.187. The quantitative estimate of drug-likeness (QED) is 0.384. The molecule has 1 amide bonds. The fourth-order valence-electron chi connectivity index (χ4n) is 1.20. The Bertz CT molecular complexity index is 205. The smallest absolute Gasteiger partial charge is 0.252 e. The van der Waals surface area contributed by atoms with Gasteiger partial charge in [0.25, 0.3) is 5.91 Å². The molecule has 3 atom stereocenters. The van der Waals surface area contributed by atoms with Crippen molar-refractivity contribution < 1.29 is 14.3 Å². The first-order chi connectivity index (χ1) is 6.19. The number of β-lactam (4-membered cyclic amide) rings is 1. The van der Waals surface area contributed by atoms with Gasteiger partial charge >= 0.3 is 0 Å². The zero-order valence-electron chi connectivity index (χ0n) is 7.95. The van der Waals surface area contributed by atoms with Crippen molar-refractivity contribution in [3.8, 4) is 0 Å². The van der Waals surface area contributed by atoms with Crippen molar-refractivity contribution in [1.29, 1.82) is 0 Å². The minimum absolute atomic E-state index is 0.0737. The van der Waals surface area contributed by atoms with Crippen LogP contribution in [-0.2, 0) is 14.3 Å². The lowest BCUT2D eigenvalue weighted by Gasteiger charge is -2.35. The van der Waals surface area contributed by atoms with E-state index in [1.165, 1.54) is 0 Å². The summed E-state index contributed by atoms with van der Waals surface area (Å²) in [5.74, 6) is -0.101. The number of ether oxygens (including phenoxy) is 2. The van der Waals surface area contributed by atoms with E-state index >= 15 is 0 Å². The Kier molecular flexibility index (Phi) is 3.45. The zero-order chi connectivity index (χ0) is 9.84. The highest BCUT2D eigenvalue weighted by molar-refractivity contribution is 5.88. The Labute approximate surface area is 77.9 Å². The third-order valence-corrected chi connectivity index (χ3v) is 1.89. The molecule has 0 bridgehead atoms. The molecule has 0 aromatic carbocycles. The van der Waals surface area contributed by atoms with Gasteiger partial charge in [-0.3, -0.25) is 4.79 Å². The molecule has 1 heterocycles. The van der Waals surface area contributed by atoms with Crippen LogP contribution in [0.3, 0.4) is 0 Å². The molecule has 0 saturated carbocycles. The Morgan fingerprint density at radius 1 is 1.77 bits per heavy atom. The van der Waals surface area contributed by atoms with Crippen molar-refractivity contribution in [2.75, 3.05) is 6.61 Å². The lowest BCUT2D eigenvalue weighted by Crippen LogP contribution is -2.63. The Hall–Kier alpha value is -0.870. The molecule has 1 fully saturated rings. The van der Waals surface area contributed by atoms with E-state index in [0.717, 1.165) is 0 Å². The topological polar surface area (TPSA) is 47.6 Å². The van der Waals surface area contributed by atoms with Crippen LogP contribution in [0.5, 0.6) is 0 Å². The van der Waals surface area contributed by atoms with Crippen LogP contribution in [0.4, 0.5) is 0 Å². The summed E-state index contributed by atoms with van der Waals surface area (Å²) in [6.07, 6.45) is 0.882. The second kappa shape index (κ2) is 4.39. The molecule has 1 saturated heterocycles. The van der Waals surface area contributed by atoms with Crippen LogP contribution in [-0.4, -0.2) is 30.9 Å². The van der Waals surface area contributed by atoms with Gasteiger partial charge in [-0.25, -0.2) is 0 Å². The van der Waals surface area contributed by atoms with E-state index in [0.29, 0.717) is 6.61 Å². The summed E-state index contributed by atoms with van der Waals surface area (Å²) < 4.78 is 10.5. The van der Waals surface area contributed by atoms with Gasteiger partial charge in [-0.05, 0) is 13.8 Å². The molecule has 0 spiro atoms. The average Bonchev–Trinajstić information content (AvgIpc) is 2.11. The van der Waals surface area contributed by atoms with Crippen LogP contribution in [0.1, 0.15) is 13.8 Å². The largest absolute Gasteiger partial charge is 0.353 e. The van der Waals surface area contributed by atoms with Gasteiger partial charge in [0.15, 0.2) is 12.4 Å². The van der Waals surface area contributed by atoms with Gasteiger partial charge in [0.05, 0.1) is 6.04 Å². The van der Waals surface area contributed by atoms with Crippen molar-refractivity contribution in [3.05, 3.63) is 12.7 Å². The SMILES string of the molecule is C=C[C@@H]1NC(=O)[C@@H]1OC(C)OCC. The molecular formula is C9H15NO3. The van der Waals surface area contributed by atoms with Gasteiger partial charge in [0, 0.05) is 6.61 Å². The molecule has 1 aliphatic heterocycles. The number of hydrogen-bond acceptors (Lipinski definition) is 3. The van der Waals surface area contributed by atoms with Crippen LogP contribution in [0.2, 0.25) is 0 Å². The third-order valence-electron chi connectivity index (χ3n) is 1.89. The van der Waals surface area contributed by atoms with Crippen LogP contribution < -0.4 is 5.32 Å². The molecule has 0 aromatic rings. The fourth-order valence-corrected chi connectivity index (χ4v) is 1.20. The second-order valence-corrected chi connectivity index (χ2v) is 2.85. The summed E-state index contributed by atoms with van der Waals surface area (Å²) in [5.41, 5.74) is 0. The highest BCUT2D eigenvalue weighted by Gasteiger charge is 2.39. The molecule has 0 radical (unpaired) electrons. The van der Waals surface area contributed by atoms with E-state index in [2.05, 4.69) is 11.9 Å². The molecule has 0 aliphatic carbocycles. The third kappa shape index (κ3) is 2.29. The van der Waals surface area contributed by atoms with E-state index < -0.39 is 6.10 Å². The van der Waals surface area contributed by atoms with Gasteiger partial charge < -0.3 is 14.8 Å². The second-order valence-electron chi connectivity index (χ2n) is 2.85. The molecule has 0 aromatic heterocycles. The Balaban J connectivity index is 2.34. The lowest BCUT2D eigenvalue weighted by atomic mass is 10.0. The van der Waals surface area contributed by atoms with E-state index in [4.69, 9.17) is 9.47 Å². The first kappa shape index (κ1) is 10.2. The van der Waals surface area contributed by atoms with E-state index in [1.54, 1.807) is 13.0 Å². The first-order valence-corrected chi connectivity index (χ1v) is 4.39. The normalized spacial score (nSPS) is 28.9. The Morgan fingerprint density at radius 3 is 2.92 bits per heavy atom. The van der Waals surface area contributed by atoms with Gasteiger partial charge in [-0.2, -0.15) is 0 Å². The minimum atomic E-state index is -0.431. The predicted octanol–water partition coefficient (Wildman–Crippen LogP) is 0.438. The molecule has 1 rings (SSSR count). The summed E-state index contributed by atoms with van der Waals surface area (Å²) in [5, 5.41) is 2.65. The molecule has 4 heteroatoms. The molecule has 1 aliphatic rings. The van der Waals surface area contributed by atoms with Gasteiger partial charge in [-0.15, -0.1) is 6.58 Å². The Morgan fingerprint density at radius 2 is 2.46 bits per heavy atom. The number of nitrogens with one attached hydrogen (secondary N) is 1. The maximum Gasteiger partial charge on any atom is 0.252 e. The summed E-state index contributed by atoms with van der Waals surface area (Å²) in [6, 6.07) is -0.0737. The monoisotopic (exact) mass is 185 g/mol. The number of hydrogen-bond donors (Lipinski definition) is 1. The summed E-state index contributed by atoms with van der Waals surface area (Å²) >= 11 is 0. The highest BCUT2D eigenvalue weighted by atomic mass is 16.7. The van der Waals surface area contributed by atoms with Crippen molar-refractivity contribution >= 4 is 5.91 Å². The summed E-state index contributed by atoms with van der Waals surface area (Å²) in [4.78, 5) is 11.0. The van der Waals surface area contributed by atoms with Crippen molar-refractivity contribution in [2.24, 2.45) is 0 Å². The van der Waals surface area contributed by atoms with E-state index in [9.17, 15) is 4.79 Å². The molecular weight excluding hydrogens is 170 g/mol. The number of carbonyl (C=O) groups is 1. The summed E-state index contributed by atoms with van der Waals surface area (Å²) in [7, 11) is 0. The van der Waals surface area contributed by atoms with E-state index in [-0.39, 0.29) is 18.2 Å². The molecule has 1 unspecified atom stereocenters.